The van der Waals surface area contributed by atoms with Crippen molar-refractivity contribution >= 4 is 105 Å². The van der Waals surface area contributed by atoms with E-state index in [1.165, 1.54) is 108 Å². The maximum absolute atomic E-state index is 2.65. The van der Waals surface area contributed by atoms with Crippen molar-refractivity contribution in [2.45, 2.75) is 49.9 Å². The van der Waals surface area contributed by atoms with Crippen LogP contribution in [-0.4, -0.2) is 0 Å². The molecule has 0 nitrogen and oxygen atoms in total. The summed E-state index contributed by atoms with van der Waals surface area (Å²) in [6.45, 7) is 0. The lowest BCUT2D eigenvalue weighted by Gasteiger charge is -2.45. The van der Waals surface area contributed by atoms with E-state index in [1.807, 2.05) is 0 Å². The van der Waals surface area contributed by atoms with Gasteiger partial charge in [0.2, 0.25) is 0 Å². The Morgan fingerprint density at radius 2 is 1.46 bits per heavy atom. The first kappa shape index (κ1) is 24.0. The van der Waals surface area contributed by atoms with Crippen molar-refractivity contribution in [3.05, 3.63) is 121 Å². The second kappa shape index (κ2) is 7.31. The largest absolute Gasteiger partial charge is 0.0766 e. The molecule has 4 unspecified atom stereocenters. The van der Waals surface area contributed by atoms with Crippen molar-refractivity contribution in [1.82, 2.24) is 0 Å². The lowest BCUT2D eigenvalue weighted by Crippen LogP contribution is -2.33. The van der Waals surface area contributed by atoms with E-state index in [0.29, 0.717) is 17.8 Å². The van der Waals surface area contributed by atoms with E-state index in [4.69, 9.17) is 0 Å². The average molecular weight is 631 g/mol. The third-order valence-electron chi connectivity index (χ3n) is 15.1. The normalized spacial score (nSPS) is 25.6. The highest BCUT2D eigenvalue weighted by molar-refractivity contribution is 6.48. The molecule has 0 saturated heterocycles. The fraction of sp³-hybridized carbons (Fsp3) is 0.200. The molecule has 4 atom stereocenters. The van der Waals surface area contributed by atoms with E-state index < -0.39 is 0 Å². The minimum absolute atomic E-state index is 0.330. The summed E-state index contributed by atoms with van der Waals surface area (Å²) >= 11 is 0. The molecule has 0 heteroatoms. The molecule has 0 amide bonds. The maximum atomic E-state index is 2.65. The monoisotopic (exact) mass is 630 g/mol. The fourth-order valence-electron chi connectivity index (χ4n) is 13.3. The molecule has 1 saturated carbocycles. The van der Waals surface area contributed by atoms with Gasteiger partial charge in [0, 0.05) is 11.8 Å². The van der Waals surface area contributed by atoms with Crippen molar-refractivity contribution in [1.29, 1.82) is 0 Å². The van der Waals surface area contributed by atoms with Gasteiger partial charge in [-0.1, -0.05) is 73.6 Å². The first-order chi connectivity index (χ1) is 24.8. The number of hydrogen-bond donors (Lipinski definition) is 0. The van der Waals surface area contributed by atoms with Crippen LogP contribution in [-0.2, 0) is 0 Å². The van der Waals surface area contributed by atoms with E-state index in [0.717, 1.165) is 11.8 Å². The van der Waals surface area contributed by atoms with E-state index >= 15 is 0 Å². The van der Waals surface area contributed by atoms with Gasteiger partial charge in [0.15, 0.2) is 0 Å². The van der Waals surface area contributed by atoms with Gasteiger partial charge < -0.3 is 0 Å². The summed E-state index contributed by atoms with van der Waals surface area (Å²) in [6, 6.07) is 17.7. The molecule has 0 aliphatic heterocycles. The Bertz CT molecular complexity index is 3460. The Morgan fingerprint density at radius 1 is 0.640 bits per heavy atom. The molecule has 8 aliphatic rings. The lowest BCUT2D eigenvalue weighted by molar-refractivity contribution is 0.372. The van der Waals surface area contributed by atoms with Crippen LogP contribution in [0, 0.1) is 11.8 Å². The van der Waals surface area contributed by atoms with E-state index in [2.05, 4.69) is 91.1 Å². The smallest absolute Gasteiger partial charge is 0.0361 e. The summed E-state index contributed by atoms with van der Waals surface area (Å²) in [5, 5.41) is 25.5. The number of allylic oxidation sites excluding steroid dienone is 7. The first-order valence-corrected chi connectivity index (χ1v) is 19.2. The molecule has 50 heavy (non-hydrogen) atoms. The van der Waals surface area contributed by atoms with E-state index in [1.54, 1.807) is 60.0 Å². The zero-order valence-corrected chi connectivity index (χ0v) is 27.6. The summed E-state index contributed by atoms with van der Waals surface area (Å²) in [5.74, 6) is 3.07. The maximum Gasteiger partial charge on any atom is 0.0361 e. The lowest BCUT2D eigenvalue weighted by atomic mass is 9.58. The molecule has 0 N–H and O–H groups in total. The van der Waals surface area contributed by atoms with Crippen LogP contribution in [0.3, 0.4) is 0 Å². The second-order valence-electron chi connectivity index (χ2n) is 17.3. The van der Waals surface area contributed by atoms with Crippen LogP contribution in [0.2, 0.25) is 0 Å². The Kier molecular flexibility index (Phi) is 3.51. The van der Waals surface area contributed by atoms with Crippen LogP contribution in [0.25, 0.3) is 105 Å². The molecule has 8 aliphatic carbocycles. The minimum Gasteiger partial charge on any atom is -0.0766 e. The summed E-state index contributed by atoms with van der Waals surface area (Å²) in [6.07, 6.45) is 26.8. The molecular formula is C50H30. The summed E-state index contributed by atoms with van der Waals surface area (Å²) in [5.41, 5.74) is 12.8. The number of hydrogen-bond acceptors (Lipinski definition) is 0. The van der Waals surface area contributed by atoms with Crippen LogP contribution in [0.5, 0.6) is 0 Å². The van der Waals surface area contributed by atoms with Crippen LogP contribution < -0.4 is 15.7 Å². The molecule has 16 rings (SSSR count). The van der Waals surface area contributed by atoms with Crippen LogP contribution in [0.1, 0.15) is 77.7 Å². The summed E-state index contributed by atoms with van der Waals surface area (Å²) < 4.78 is 0. The highest BCUT2D eigenvalue weighted by Gasteiger charge is 2.45. The second-order valence-corrected chi connectivity index (χ2v) is 17.3. The van der Waals surface area contributed by atoms with Gasteiger partial charge >= 0.3 is 0 Å². The Morgan fingerprint density at radius 3 is 2.40 bits per heavy atom. The third kappa shape index (κ3) is 2.34. The van der Waals surface area contributed by atoms with Gasteiger partial charge in [-0.05, 0) is 203 Å². The Balaban J connectivity index is 1.23. The zero-order chi connectivity index (χ0) is 31.5. The number of rotatable bonds is 2. The predicted octanol–water partition coefficient (Wildman–Crippen LogP) is 10.5. The SMILES string of the molecule is C1=CC2C=c3ccc4cc5cc6cc7c8c9c6c6c%10c%11c(cc%12cc(c2c2c3c4c(c56)c%11c%122)=C1)C=C1C=CC(=C9C1%10)CC8C(CC1CC1)CC=7. The average Bonchev–Trinajstić information content (AvgIpc) is 3.97. The molecule has 0 heterocycles. The highest BCUT2D eigenvalue weighted by Crippen LogP contribution is 2.65. The van der Waals surface area contributed by atoms with Gasteiger partial charge in [0.1, 0.15) is 0 Å². The van der Waals surface area contributed by atoms with Crippen molar-refractivity contribution in [3.8, 4) is 0 Å². The fourth-order valence-corrected chi connectivity index (χ4v) is 13.3. The van der Waals surface area contributed by atoms with E-state index in [-0.39, 0.29) is 0 Å². The molecule has 1 fully saturated rings. The van der Waals surface area contributed by atoms with Crippen LogP contribution >= 0.6 is 0 Å². The molecule has 8 aromatic rings. The standard InChI is InChI=1S/C50H30/c1-2-23-13-26-8-9-27-16-33-19-31-15-25-7-6-22(12-21-4-5-21)34-20-29-11-10-28-17-32-18-30-14-24(3-1)35(23)45-37(26)38(27)47-44(33)50-42(31)46(36(25)34)40(29)39(28)48(50)43(32)49(47)41(30)45/h1-3,7-11,13-19,21-23,34,39H,4-6,12,20H2. The molecular weight excluding hydrogens is 601 g/mol. The van der Waals surface area contributed by atoms with Gasteiger partial charge in [0.05, 0.1) is 0 Å². The van der Waals surface area contributed by atoms with Gasteiger partial charge in [-0.15, -0.1) is 0 Å². The summed E-state index contributed by atoms with van der Waals surface area (Å²) in [7, 11) is 0. The molecule has 0 aromatic heterocycles. The first-order valence-electron chi connectivity index (χ1n) is 19.2. The van der Waals surface area contributed by atoms with Crippen LogP contribution in [0.15, 0.2) is 77.9 Å². The molecule has 8 aromatic carbocycles. The third-order valence-corrected chi connectivity index (χ3v) is 15.1. The molecule has 0 bridgehead atoms. The number of benzene rings is 8. The Labute approximate surface area is 287 Å². The van der Waals surface area contributed by atoms with Gasteiger partial charge in [0.25, 0.3) is 0 Å². The van der Waals surface area contributed by atoms with Crippen LogP contribution in [0.4, 0.5) is 0 Å². The van der Waals surface area contributed by atoms with Crippen molar-refractivity contribution in [2.75, 3.05) is 0 Å². The summed E-state index contributed by atoms with van der Waals surface area (Å²) in [4.78, 5) is 0. The minimum atomic E-state index is 0.330. The zero-order valence-electron chi connectivity index (χ0n) is 27.6. The van der Waals surface area contributed by atoms with Gasteiger partial charge in [-0.3, -0.25) is 0 Å². The van der Waals surface area contributed by atoms with Crippen molar-refractivity contribution in [3.63, 3.8) is 0 Å². The molecule has 0 radical (unpaired) electrons. The van der Waals surface area contributed by atoms with Crippen molar-refractivity contribution in [2.24, 2.45) is 11.8 Å². The van der Waals surface area contributed by atoms with Gasteiger partial charge in [-0.2, -0.15) is 0 Å². The quantitative estimate of drug-likeness (QED) is 0.132. The van der Waals surface area contributed by atoms with Gasteiger partial charge in [-0.25, -0.2) is 0 Å². The van der Waals surface area contributed by atoms with E-state index in [9.17, 15) is 0 Å². The Hall–Kier alpha value is -5.20. The highest BCUT2D eigenvalue weighted by atomic mass is 14.5. The topological polar surface area (TPSA) is 0 Å². The molecule has 0 spiro atoms. The molecule has 230 valence electrons. The predicted molar refractivity (Wildman–Crippen MR) is 211 cm³/mol. The van der Waals surface area contributed by atoms with Crippen molar-refractivity contribution < 1.29 is 0 Å².